The summed E-state index contributed by atoms with van der Waals surface area (Å²) in [6.45, 7) is 6.41. The number of nitrogens with zero attached hydrogens (tertiary/aromatic N) is 1. The second kappa shape index (κ2) is 19.0. The Balaban J connectivity index is 1.05. The van der Waals surface area contributed by atoms with Crippen LogP contribution in [0.2, 0.25) is 5.02 Å². The number of benzene rings is 3. The molecule has 0 radical (unpaired) electrons. The molecule has 7 aliphatic rings. The summed E-state index contributed by atoms with van der Waals surface area (Å²) in [6.07, 6.45) is 7.81. The molecule has 7 aliphatic carbocycles. The number of ether oxygens (including phenoxy) is 1. The minimum Gasteiger partial charge on any atom is -0.453 e. The van der Waals surface area contributed by atoms with Crippen LogP contribution in [0.15, 0.2) is 94.9 Å². The molecule has 11 rings (SSSR count). The van der Waals surface area contributed by atoms with Gasteiger partial charge in [-0.2, -0.15) is 13.2 Å². The summed E-state index contributed by atoms with van der Waals surface area (Å²) in [5, 5.41) is 36.4. The summed E-state index contributed by atoms with van der Waals surface area (Å²) in [5.74, 6) is 1.54. The van der Waals surface area contributed by atoms with Gasteiger partial charge in [0.2, 0.25) is 5.78 Å². The van der Waals surface area contributed by atoms with Crippen molar-refractivity contribution in [2.24, 2.45) is 28.6 Å². The molecular formula is C55H65ClF3NO6. The van der Waals surface area contributed by atoms with Crippen molar-refractivity contribution in [3.63, 3.8) is 0 Å². The number of allylic oxidation sites excluding steroid dienone is 2. The molecule has 11 heteroatoms. The minimum absolute atomic E-state index is 0.0276. The van der Waals surface area contributed by atoms with Crippen molar-refractivity contribution in [3.8, 4) is 11.3 Å². The summed E-state index contributed by atoms with van der Waals surface area (Å²) in [4.78, 5) is 17.2. The van der Waals surface area contributed by atoms with E-state index in [0.29, 0.717) is 70.2 Å². The van der Waals surface area contributed by atoms with E-state index in [1.54, 1.807) is 0 Å². The largest absolute Gasteiger partial charge is 0.453 e. The van der Waals surface area contributed by atoms with E-state index in [1.807, 2.05) is 48.5 Å². The topological polar surface area (TPSA) is 103 Å². The highest BCUT2D eigenvalue weighted by atomic mass is 35.5. The van der Waals surface area contributed by atoms with Crippen LogP contribution in [0, 0.1) is 28.6 Å². The van der Waals surface area contributed by atoms with Gasteiger partial charge >= 0.3 is 6.18 Å². The molecule has 6 bridgehead atoms. The van der Waals surface area contributed by atoms with Gasteiger partial charge in [0.1, 0.15) is 5.76 Å². The van der Waals surface area contributed by atoms with Crippen molar-refractivity contribution in [3.05, 3.63) is 129 Å². The standard InChI is InChI=1S/C55H65ClF3NO6/c1-35-7-6-19-52(2)47(44-14-11-37(24-42(61)13-10-35)25-45(44)51(63)50-17-16-49(66-50)46-26-41(55(57,58)59)12-15-48(46)56)18-20-54(52,64)34-60(30-43(62)32-65-31-36-8-4-3-5-9-36)33-53-27-38-21-39(28-53)23-40(22-38)29-53/h3-5,7-9,11-12,14-17,25-26,38-40,42-43,47,61-62,64H,6,10,13,18-24,27-34H2,1-2H3. The number of halogens is 4. The molecule has 66 heavy (non-hydrogen) atoms. The third-order valence-corrected chi connectivity index (χ3v) is 16.7. The Kier molecular flexibility index (Phi) is 13.6. The molecular weight excluding hydrogens is 863 g/mol. The van der Waals surface area contributed by atoms with Crippen LogP contribution in [0.4, 0.5) is 13.2 Å². The van der Waals surface area contributed by atoms with Crippen LogP contribution in [0.25, 0.3) is 11.3 Å². The van der Waals surface area contributed by atoms with Crippen molar-refractivity contribution < 1.29 is 42.4 Å². The molecule has 0 amide bonds. The van der Waals surface area contributed by atoms with Gasteiger partial charge in [-0.05, 0) is 173 Å². The third-order valence-electron chi connectivity index (χ3n) is 16.4. The van der Waals surface area contributed by atoms with E-state index in [9.17, 15) is 33.3 Å². The number of aliphatic hydroxyl groups excluding tert-OH is 2. The highest BCUT2D eigenvalue weighted by Crippen LogP contribution is 2.62. The normalized spacial score (nSPS) is 30.3. The molecule has 1 aromatic heterocycles. The highest BCUT2D eigenvalue weighted by Gasteiger charge is 2.58. The SMILES string of the molecule is CC1=CCCC2(C)C(CCC2(O)CN(CC(O)COCc2ccccc2)CC23CC4CC(CC(C4)C2)C3)c2ccc(cc2C(=O)c2ccc(-c3cc(C(F)(F)F)ccc3Cl)o2)CC(O)CC1. The van der Waals surface area contributed by atoms with Crippen LogP contribution >= 0.6 is 11.6 Å². The third kappa shape index (κ3) is 10.0. The van der Waals surface area contributed by atoms with Crippen LogP contribution in [0.1, 0.15) is 135 Å². The molecule has 0 saturated heterocycles. The maximum absolute atomic E-state index is 14.9. The molecule has 5 saturated carbocycles. The number of carbonyl (C=O) groups excluding carboxylic acids is 1. The molecule has 0 spiro atoms. The Morgan fingerprint density at radius 3 is 2.38 bits per heavy atom. The average Bonchev–Trinajstić information content (AvgIpc) is 3.84. The highest BCUT2D eigenvalue weighted by molar-refractivity contribution is 6.33. The second-order valence-corrected chi connectivity index (χ2v) is 21.8. The summed E-state index contributed by atoms with van der Waals surface area (Å²) < 4.78 is 53.4. The first-order valence-electron chi connectivity index (χ1n) is 24.2. The van der Waals surface area contributed by atoms with E-state index < -0.39 is 40.7 Å². The fraction of sp³-hybridized carbons (Fsp3) is 0.545. The van der Waals surface area contributed by atoms with Gasteiger partial charge in [-0.3, -0.25) is 9.69 Å². The van der Waals surface area contributed by atoms with Gasteiger partial charge in [0, 0.05) is 36.2 Å². The van der Waals surface area contributed by atoms with Crippen LogP contribution in [-0.4, -0.2) is 70.1 Å². The Hall–Kier alpha value is -3.77. The number of ketones is 1. The molecule has 5 unspecified atom stereocenters. The fourth-order valence-electron chi connectivity index (χ4n) is 13.6. The number of hydrogen-bond acceptors (Lipinski definition) is 7. The Labute approximate surface area is 392 Å². The molecule has 3 N–H and O–H groups in total. The van der Waals surface area contributed by atoms with E-state index in [0.717, 1.165) is 53.1 Å². The summed E-state index contributed by atoms with van der Waals surface area (Å²) in [5.41, 5.74) is 1.54. The zero-order chi connectivity index (χ0) is 46.4. The van der Waals surface area contributed by atoms with E-state index >= 15 is 0 Å². The molecule has 7 nitrogen and oxygen atoms in total. The predicted octanol–water partition coefficient (Wildman–Crippen LogP) is 12.0. The lowest BCUT2D eigenvalue weighted by atomic mass is 9.49. The Bertz CT molecular complexity index is 2360. The van der Waals surface area contributed by atoms with E-state index in [1.165, 1.54) is 62.3 Å². The van der Waals surface area contributed by atoms with Crippen molar-refractivity contribution in [2.45, 2.75) is 134 Å². The number of rotatable bonds is 13. The van der Waals surface area contributed by atoms with Crippen molar-refractivity contribution in [2.75, 3.05) is 26.2 Å². The maximum Gasteiger partial charge on any atom is 0.416 e. The van der Waals surface area contributed by atoms with E-state index in [4.69, 9.17) is 20.8 Å². The lowest BCUT2D eigenvalue weighted by Crippen LogP contribution is -2.57. The van der Waals surface area contributed by atoms with E-state index in [-0.39, 0.29) is 40.0 Å². The van der Waals surface area contributed by atoms with Crippen molar-refractivity contribution in [1.29, 1.82) is 0 Å². The zero-order valence-corrected chi connectivity index (χ0v) is 39.1. The van der Waals surface area contributed by atoms with Crippen LogP contribution in [0.5, 0.6) is 0 Å². The lowest BCUT2D eigenvalue weighted by Gasteiger charge is -2.58. The smallest absolute Gasteiger partial charge is 0.416 e. The van der Waals surface area contributed by atoms with Crippen molar-refractivity contribution >= 4 is 17.4 Å². The molecule has 1 heterocycles. The zero-order valence-electron chi connectivity index (χ0n) is 38.3. The number of aliphatic hydroxyl groups is 3. The van der Waals surface area contributed by atoms with Gasteiger partial charge in [-0.1, -0.05) is 72.6 Å². The first-order chi connectivity index (χ1) is 31.5. The molecule has 5 atom stereocenters. The Morgan fingerprint density at radius 1 is 0.939 bits per heavy atom. The first-order valence-corrected chi connectivity index (χ1v) is 24.6. The summed E-state index contributed by atoms with van der Waals surface area (Å²) >= 11 is 6.40. The number of furan rings is 1. The number of carbonyl (C=O) groups is 1. The minimum atomic E-state index is -4.60. The van der Waals surface area contributed by atoms with Gasteiger partial charge in [-0.25, -0.2) is 0 Å². The second-order valence-electron chi connectivity index (χ2n) is 21.4. The van der Waals surface area contributed by atoms with Gasteiger partial charge in [0.05, 0.1) is 41.6 Å². The fourth-order valence-corrected chi connectivity index (χ4v) is 13.8. The summed E-state index contributed by atoms with van der Waals surface area (Å²) in [7, 11) is 0. The van der Waals surface area contributed by atoms with Crippen LogP contribution in [-0.2, 0) is 23.9 Å². The molecule has 5 fully saturated rings. The molecule has 4 aromatic rings. The quantitative estimate of drug-likeness (QED) is 0.0906. The average molecular weight is 929 g/mol. The number of alkyl halides is 3. The lowest BCUT2D eigenvalue weighted by molar-refractivity contribution is -0.137. The molecule has 354 valence electrons. The monoisotopic (exact) mass is 927 g/mol. The van der Waals surface area contributed by atoms with Crippen molar-refractivity contribution in [1.82, 2.24) is 4.90 Å². The van der Waals surface area contributed by atoms with Crippen LogP contribution in [0.3, 0.4) is 0 Å². The summed E-state index contributed by atoms with van der Waals surface area (Å²) in [6, 6.07) is 21.7. The Morgan fingerprint density at radius 2 is 1.67 bits per heavy atom. The van der Waals surface area contributed by atoms with Gasteiger partial charge in [0.15, 0.2) is 5.76 Å². The van der Waals surface area contributed by atoms with E-state index in [2.05, 4.69) is 24.8 Å². The van der Waals surface area contributed by atoms with Gasteiger partial charge < -0.3 is 24.5 Å². The maximum atomic E-state index is 14.9. The molecule has 3 aromatic carbocycles. The van der Waals surface area contributed by atoms with Crippen LogP contribution < -0.4 is 0 Å². The number of fused-ring (bicyclic) bond motifs is 8. The van der Waals surface area contributed by atoms with Gasteiger partial charge in [-0.15, -0.1) is 0 Å². The predicted molar refractivity (Wildman–Crippen MR) is 250 cm³/mol. The van der Waals surface area contributed by atoms with Gasteiger partial charge in [0.25, 0.3) is 0 Å². The first kappa shape index (κ1) is 47.3. The molecule has 0 aliphatic heterocycles. The number of hydrogen-bond donors (Lipinski definition) is 3.